The summed E-state index contributed by atoms with van der Waals surface area (Å²) in [6.45, 7) is 3.06. The summed E-state index contributed by atoms with van der Waals surface area (Å²) in [5.74, 6) is 0.0970. The quantitative estimate of drug-likeness (QED) is 0.734. The molecule has 1 aliphatic rings. The maximum Gasteiger partial charge on any atom is 0.219 e. The van der Waals surface area contributed by atoms with Gasteiger partial charge < -0.3 is 20.4 Å². The van der Waals surface area contributed by atoms with Gasteiger partial charge in [-0.25, -0.2) is 0 Å². The summed E-state index contributed by atoms with van der Waals surface area (Å²) in [4.78, 5) is 13.2. The molecule has 1 atom stereocenters. The number of amides is 1. The molecule has 1 aliphatic heterocycles. The van der Waals surface area contributed by atoms with Crippen molar-refractivity contribution in [2.45, 2.75) is 26.0 Å². The Morgan fingerprint density at radius 1 is 1.47 bits per heavy atom. The summed E-state index contributed by atoms with van der Waals surface area (Å²) in [6.07, 6.45) is 0.124. The Hall–Kier alpha value is -1.59. The van der Waals surface area contributed by atoms with Crippen molar-refractivity contribution in [2.24, 2.45) is 0 Å². The molecule has 0 saturated heterocycles. The van der Waals surface area contributed by atoms with Crippen molar-refractivity contribution in [1.29, 1.82) is 0 Å². The molecule has 3 N–H and O–H groups in total. The summed E-state index contributed by atoms with van der Waals surface area (Å²) in [5.41, 5.74) is 3.31. The highest BCUT2D eigenvalue weighted by atomic mass is 16.3. The van der Waals surface area contributed by atoms with E-state index in [0.717, 1.165) is 24.2 Å². The molecule has 2 rings (SSSR count). The standard InChI is InChI=1S/C14H20N2O3/c1-10(18)16-5-4-11-2-3-13(6-12(11)8-16)15-7-14(19)9-17/h2-3,6,14-15,17,19H,4-5,7-9H2,1H3. The molecule has 0 aliphatic carbocycles. The van der Waals surface area contributed by atoms with Crippen LogP contribution < -0.4 is 5.32 Å². The van der Waals surface area contributed by atoms with Gasteiger partial charge in [-0.1, -0.05) is 6.07 Å². The number of fused-ring (bicyclic) bond motifs is 1. The fourth-order valence-electron chi connectivity index (χ4n) is 2.24. The van der Waals surface area contributed by atoms with E-state index >= 15 is 0 Å². The van der Waals surface area contributed by atoms with Crippen molar-refractivity contribution in [1.82, 2.24) is 4.90 Å². The molecule has 0 radical (unpaired) electrons. The number of aliphatic hydroxyl groups is 2. The molecule has 0 saturated carbocycles. The molecular formula is C14H20N2O3. The first-order chi connectivity index (χ1) is 9.10. The molecule has 104 valence electrons. The minimum Gasteiger partial charge on any atom is -0.394 e. The van der Waals surface area contributed by atoms with E-state index in [-0.39, 0.29) is 12.5 Å². The Kier molecular flexibility index (Phi) is 4.39. The third-order valence-corrected chi connectivity index (χ3v) is 3.42. The van der Waals surface area contributed by atoms with Gasteiger partial charge in [0.05, 0.1) is 12.7 Å². The lowest BCUT2D eigenvalue weighted by Crippen LogP contribution is -2.34. The Labute approximate surface area is 112 Å². The van der Waals surface area contributed by atoms with Crippen LogP contribution in [0.4, 0.5) is 5.69 Å². The smallest absolute Gasteiger partial charge is 0.219 e. The van der Waals surface area contributed by atoms with Gasteiger partial charge in [0.2, 0.25) is 5.91 Å². The lowest BCUT2D eigenvalue weighted by atomic mass is 9.99. The third kappa shape index (κ3) is 3.45. The zero-order chi connectivity index (χ0) is 13.8. The van der Waals surface area contributed by atoms with Gasteiger partial charge in [0, 0.05) is 32.2 Å². The zero-order valence-corrected chi connectivity index (χ0v) is 11.1. The van der Waals surface area contributed by atoms with Crippen molar-refractivity contribution in [3.8, 4) is 0 Å². The molecule has 0 bridgehead atoms. The maximum absolute atomic E-state index is 11.4. The highest BCUT2D eigenvalue weighted by Crippen LogP contribution is 2.22. The number of hydrogen-bond donors (Lipinski definition) is 3. The van der Waals surface area contributed by atoms with Gasteiger partial charge in [-0.2, -0.15) is 0 Å². The molecule has 1 unspecified atom stereocenters. The van der Waals surface area contributed by atoms with Crippen LogP contribution in [0.3, 0.4) is 0 Å². The van der Waals surface area contributed by atoms with Crippen LogP contribution >= 0.6 is 0 Å². The second-order valence-electron chi connectivity index (χ2n) is 4.89. The van der Waals surface area contributed by atoms with Gasteiger partial charge in [0.25, 0.3) is 0 Å². The van der Waals surface area contributed by atoms with Crippen molar-refractivity contribution in [3.63, 3.8) is 0 Å². The lowest BCUT2D eigenvalue weighted by Gasteiger charge is -2.28. The van der Waals surface area contributed by atoms with Gasteiger partial charge >= 0.3 is 0 Å². The Bertz CT molecular complexity index is 462. The molecule has 1 aromatic rings. The van der Waals surface area contributed by atoms with Crippen LogP contribution in [0.25, 0.3) is 0 Å². The van der Waals surface area contributed by atoms with Crippen molar-refractivity contribution >= 4 is 11.6 Å². The normalized spacial score (nSPS) is 15.8. The van der Waals surface area contributed by atoms with Crippen LogP contribution in [0.2, 0.25) is 0 Å². The Morgan fingerprint density at radius 3 is 2.95 bits per heavy atom. The second-order valence-corrected chi connectivity index (χ2v) is 4.89. The molecule has 1 aromatic carbocycles. The lowest BCUT2D eigenvalue weighted by molar-refractivity contribution is -0.129. The first-order valence-electron chi connectivity index (χ1n) is 6.50. The highest BCUT2D eigenvalue weighted by molar-refractivity contribution is 5.73. The largest absolute Gasteiger partial charge is 0.394 e. The summed E-state index contributed by atoms with van der Waals surface area (Å²) in [5, 5.41) is 21.1. The first kappa shape index (κ1) is 13.8. The number of hydrogen-bond acceptors (Lipinski definition) is 4. The molecule has 5 heteroatoms. The van der Waals surface area contributed by atoms with Crippen LogP contribution in [0.5, 0.6) is 0 Å². The zero-order valence-electron chi connectivity index (χ0n) is 11.1. The Morgan fingerprint density at radius 2 is 2.26 bits per heavy atom. The molecular weight excluding hydrogens is 244 g/mol. The molecule has 19 heavy (non-hydrogen) atoms. The first-order valence-corrected chi connectivity index (χ1v) is 6.50. The molecule has 0 fully saturated rings. The van der Waals surface area contributed by atoms with Gasteiger partial charge in [-0.3, -0.25) is 4.79 Å². The van der Waals surface area contributed by atoms with Crippen LogP contribution in [-0.4, -0.2) is 46.8 Å². The predicted octanol–water partition coefficient (Wildman–Crippen LogP) is 0.356. The van der Waals surface area contributed by atoms with E-state index in [0.29, 0.717) is 13.1 Å². The van der Waals surface area contributed by atoms with Gasteiger partial charge in [0.15, 0.2) is 0 Å². The minimum atomic E-state index is -0.759. The van der Waals surface area contributed by atoms with Gasteiger partial charge in [-0.05, 0) is 29.7 Å². The number of nitrogens with zero attached hydrogens (tertiary/aromatic N) is 1. The minimum absolute atomic E-state index is 0.0970. The summed E-state index contributed by atoms with van der Waals surface area (Å²) in [6, 6.07) is 6.03. The average molecular weight is 264 g/mol. The average Bonchev–Trinajstić information content (AvgIpc) is 2.43. The predicted molar refractivity (Wildman–Crippen MR) is 72.8 cm³/mol. The van der Waals surface area contributed by atoms with E-state index in [9.17, 15) is 9.90 Å². The second kappa shape index (κ2) is 6.04. The van der Waals surface area contributed by atoms with E-state index in [1.165, 1.54) is 5.56 Å². The number of benzene rings is 1. The number of carbonyl (C=O) groups is 1. The van der Waals surface area contributed by atoms with Crippen LogP contribution in [0, 0.1) is 0 Å². The summed E-state index contributed by atoms with van der Waals surface area (Å²) < 4.78 is 0. The summed E-state index contributed by atoms with van der Waals surface area (Å²) >= 11 is 0. The molecule has 5 nitrogen and oxygen atoms in total. The number of rotatable bonds is 4. The van der Waals surface area contributed by atoms with Gasteiger partial charge in [0.1, 0.15) is 0 Å². The molecule has 1 heterocycles. The van der Waals surface area contributed by atoms with Crippen molar-refractivity contribution in [2.75, 3.05) is 25.0 Å². The SMILES string of the molecule is CC(=O)N1CCc2ccc(NCC(O)CO)cc2C1. The van der Waals surface area contributed by atoms with Crippen molar-refractivity contribution < 1.29 is 15.0 Å². The number of aliphatic hydroxyl groups excluding tert-OH is 2. The summed E-state index contributed by atoms with van der Waals surface area (Å²) in [7, 11) is 0. The number of nitrogens with one attached hydrogen (secondary N) is 1. The van der Waals surface area contributed by atoms with E-state index in [1.54, 1.807) is 6.92 Å². The van der Waals surface area contributed by atoms with Crippen LogP contribution in [-0.2, 0) is 17.8 Å². The number of carbonyl (C=O) groups excluding carboxylic acids is 1. The molecule has 0 spiro atoms. The molecule has 0 aromatic heterocycles. The molecule has 1 amide bonds. The highest BCUT2D eigenvalue weighted by Gasteiger charge is 2.18. The Balaban J connectivity index is 2.05. The third-order valence-electron chi connectivity index (χ3n) is 3.42. The fourth-order valence-corrected chi connectivity index (χ4v) is 2.24. The fraction of sp³-hybridized carbons (Fsp3) is 0.500. The van der Waals surface area contributed by atoms with E-state index < -0.39 is 6.10 Å². The van der Waals surface area contributed by atoms with Gasteiger partial charge in [-0.15, -0.1) is 0 Å². The van der Waals surface area contributed by atoms with E-state index in [4.69, 9.17) is 5.11 Å². The van der Waals surface area contributed by atoms with E-state index in [1.807, 2.05) is 17.0 Å². The van der Waals surface area contributed by atoms with Crippen molar-refractivity contribution in [3.05, 3.63) is 29.3 Å². The maximum atomic E-state index is 11.4. The van der Waals surface area contributed by atoms with Crippen LogP contribution in [0.15, 0.2) is 18.2 Å². The van der Waals surface area contributed by atoms with E-state index in [2.05, 4.69) is 11.4 Å². The monoisotopic (exact) mass is 264 g/mol. The topological polar surface area (TPSA) is 72.8 Å². The number of anilines is 1. The van der Waals surface area contributed by atoms with Crippen LogP contribution in [0.1, 0.15) is 18.1 Å².